The molecule has 0 spiro atoms. The molecule has 0 fully saturated rings. The fourth-order valence-electron chi connectivity index (χ4n) is 2.63. The lowest BCUT2D eigenvalue weighted by Gasteiger charge is -2.03. The van der Waals surface area contributed by atoms with Crippen molar-refractivity contribution >= 4 is 48.7 Å². The quantitative estimate of drug-likeness (QED) is 0.363. The van der Waals surface area contributed by atoms with Crippen LogP contribution in [0.1, 0.15) is 6.92 Å². The van der Waals surface area contributed by atoms with Gasteiger partial charge >= 0.3 is 0 Å². The summed E-state index contributed by atoms with van der Waals surface area (Å²) in [4.78, 5) is 5.85. The summed E-state index contributed by atoms with van der Waals surface area (Å²) in [5.41, 5.74) is 2.27. The summed E-state index contributed by atoms with van der Waals surface area (Å²) in [6, 6.07) is 18.7. The Morgan fingerprint density at radius 2 is 1.75 bits per heavy atom. The van der Waals surface area contributed by atoms with E-state index in [-0.39, 0.29) is 0 Å². The van der Waals surface area contributed by atoms with Crippen LogP contribution in [0.5, 0.6) is 5.06 Å². The van der Waals surface area contributed by atoms with Crippen LogP contribution >= 0.6 is 38.6 Å². The van der Waals surface area contributed by atoms with E-state index in [0.717, 1.165) is 30.7 Å². The van der Waals surface area contributed by atoms with Gasteiger partial charge < -0.3 is 4.74 Å². The topological polar surface area (TPSA) is 22.1 Å². The van der Waals surface area contributed by atoms with Crippen LogP contribution in [-0.2, 0) is 0 Å². The van der Waals surface area contributed by atoms with Gasteiger partial charge in [0.05, 0.1) is 17.0 Å². The van der Waals surface area contributed by atoms with Crippen LogP contribution in [0.25, 0.3) is 31.1 Å². The number of fused-ring (bicyclic) bond motifs is 1. The minimum Gasteiger partial charge on any atom is -0.484 e. The molecule has 4 aromatic rings. The van der Waals surface area contributed by atoms with Crippen LogP contribution in [0.2, 0.25) is 0 Å². The van der Waals surface area contributed by atoms with E-state index >= 15 is 0 Å². The summed E-state index contributed by atoms with van der Waals surface area (Å²) in [6.45, 7) is 2.67. The Morgan fingerprint density at radius 3 is 2.54 bits per heavy atom. The number of hydrogen-bond donors (Lipinski definition) is 0. The molecule has 4 rings (SSSR count). The highest BCUT2D eigenvalue weighted by Crippen LogP contribution is 2.49. The van der Waals surface area contributed by atoms with Crippen LogP contribution in [0, 0.1) is 0 Å². The van der Waals surface area contributed by atoms with E-state index in [4.69, 9.17) is 9.72 Å². The lowest BCUT2D eigenvalue weighted by molar-refractivity contribution is 0.352. The molecular formula is C19H14BrNOS2. The Morgan fingerprint density at radius 1 is 1.00 bits per heavy atom. The van der Waals surface area contributed by atoms with Crippen LogP contribution in [-0.4, -0.2) is 11.6 Å². The van der Waals surface area contributed by atoms with E-state index in [9.17, 15) is 0 Å². The van der Waals surface area contributed by atoms with E-state index in [0.29, 0.717) is 6.61 Å². The van der Waals surface area contributed by atoms with Crippen LogP contribution in [0.3, 0.4) is 0 Å². The predicted molar refractivity (Wildman–Crippen MR) is 107 cm³/mol. The summed E-state index contributed by atoms with van der Waals surface area (Å²) in [5.74, 6) is 0. The smallest absolute Gasteiger partial charge is 0.183 e. The second-order valence-electron chi connectivity index (χ2n) is 5.20. The minimum absolute atomic E-state index is 0.655. The first kappa shape index (κ1) is 15.8. The molecule has 24 heavy (non-hydrogen) atoms. The standard InChI is InChI=1S/C19H14BrNOS2/c1-2-22-19-15(13-10-6-7-11-14(13)23-19)16-17(20)21-18(24-16)12-8-4-3-5-9-12/h3-11H,2H2,1H3. The lowest BCUT2D eigenvalue weighted by Crippen LogP contribution is -1.89. The molecular weight excluding hydrogens is 402 g/mol. The highest BCUT2D eigenvalue weighted by Gasteiger charge is 2.21. The van der Waals surface area contributed by atoms with Gasteiger partial charge in [-0.25, -0.2) is 4.98 Å². The number of benzene rings is 2. The van der Waals surface area contributed by atoms with Crippen LogP contribution < -0.4 is 4.74 Å². The molecule has 120 valence electrons. The molecule has 0 unspecified atom stereocenters. The normalized spacial score (nSPS) is 11.1. The SMILES string of the molecule is CCOc1sc2ccccc2c1-c1sc(-c2ccccc2)nc1Br. The molecule has 2 aromatic heterocycles. The second-order valence-corrected chi connectivity index (χ2v) is 7.96. The molecule has 0 aliphatic heterocycles. The number of rotatable bonds is 4. The molecule has 2 heterocycles. The van der Waals surface area contributed by atoms with Crippen molar-refractivity contribution in [2.24, 2.45) is 0 Å². The molecule has 0 aliphatic carbocycles. The van der Waals surface area contributed by atoms with E-state index in [1.54, 1.807) is 22.7 Å². The summed E-state index contributed by atoms with van der Waals surface area (Å²) in [7, 11) is 0. The van der Waals surface area contributed by atoms with Crippen molar-refractivity contribution in [2.45, 2.75) is 6.92 Å². The summed E-state index contributed by atoms with van der Waals surface area (Å²) in [6.07, 6.45) is 0. The third kappa shape index (κ3) is 2.77. The molecule has 0 saturated carbocycles. The van der Waals surface area contributed by atoms with Crippen molar-refractivity contribution in [1.82, 2.24) is 4.98 Å². The molecule has 0 bridgehead atoms. The van der Waals surface area contributed by atoms with Gasteiger partial charge in [-0.3, -0.25) is 0 Å². The first-order valence-electron chi connectivity index (χ1n) is 7.64. The van der Waals surface area contributed by atoms with Crippen LogP contribution in [0.4, 0.5) is 0 Å². The summed E-state index contributed by atoms with van der Waals surface area (Å²) in [5, 5.41) is 3.19. The van der Waals surface area contributed by atoms with Gasteiger partial charge in [0.25, 0.3) is 0 Å². The summed E-state index contributed by atoms with van der Waals surface area (Å²) < 4.78 is 8.03. The lowest BCUT2D eigenvalue weighted by atomic mass is 10.1. The number of thiophene rings is 1. The fraction of sp³-hybridized carbons (Fsp3) is 0.105. The monoisotopic (exact) mass is 415 g/mol. The molecule has 2 aromatic carbocycles. The largest absolute Gasteiger partial charge is 0.484 e. The average Bonchev–Trinajstić information content (AvgIpc) is 3.16. The van der Waals surface area contributed by atoms with Gasteiger partial charge in [-0.15, -0.1) is 11.3 Å². The number of thiazole rings is 1. The van der Waals surface area contributed by atoms with Gasteiger partial charge in [0.2, 0.25) is 0 Å². The maximum Gasteiger partial charge on any atom is 0.183 e. The van der Waals surface area contributed by atoms with Gasteiger partial charge in [0.15, 0.2) is 5.06 Å². The Bertz CT molecular complexity index is 991. The van der Waals surface area contributed by atoms with E-state index < -0.39 is 0 Å². The highest BCUT2D eigenvalue weighted by atomic mass is 79.9. The van der Waals surface area contributed by atoms with Crippen molar-refractivity contribution in [2.75, 3.05) is 6.61 Å². The van der Waals surface area contributed by atoms with Crippen molar-refractivity contribution in [3.05, 3.63) is 59.2 Å². The molecule has 0 radical (unpaired) electrons. The van der Waals surface area contributed by atoms with Gasteiger partial charge in [-0.05, 0) is 28.9 Å². The molecule has 0 saturated heterocycles. The maximum absolute atomic E-state index is 5.92. The zero-order chi connectivity index (χ0) is 16.5. The number of ether oxygens (including phenoxy) is 1. The molecule has 0 aliphatic rings. The van der Waals surface area contributed by atoms with E-state index in [2.05, 4.69) is 52.3 Å². The fourth-order valence-corrected chi connectivity index (χ4v) is 5.57. The molecule has 0 atom stereocenters. The molecule has 2 nitrogen and oxygen atoms in total. The third-order valence-electron chi connectivity index (χ3n) is 3.67. The van der Waals surface area contributed by atoms with Gasteiger partial charge in [-0.1, -0.05) is 59.9 Å². The zero-order valence-electron chi connectivity index (χ0n) is 13.0. The van der Waals surface area contributed by atoms with Gasteiger partial charge in [0.1, 0.15) is 9.61 Å². The number of hydrogen-bond acceptors (Lipinski definition) is 4. The van der Waals surface area contributed by atoms with Crippen molar-refractivity contribution in [1.29, 1.82) is 0 Å². The molecule has 5 heteroatoms. The Kier molecular flexibility index (Phi) is 4.39. The molecule has 0 amide bonds. The molecule has 0 N–H and O–H groups in total. The van der Waals surface area contributed by atoms with E-state index in [1.807, 2.05) is 25.1 Å². The number of aromatic nitrogens is 1. The first-order valence-corrected chi connectivity index (χ1v) is 10.1. The average molecular weight is 416 g/mol. The maximum atomic E-state index is 5.92. The minimum atomic E-state index is 0.655. The van der Waals surface area contributed by atoms with Crippen LogP contribution in [0.15, 0.2) is 59.2 Å². The second kappa shape index (κ2) is 6.67. The van der Waals surface area contributed by atoms with Crippen molar-refractivity contribution in [3.63, 3.8) is 0 Å². The summed E-state index contributed by atoms with van der Waals surface area (Å²) >= 11 is 7.04. The Balaban J connectivity index is 1.92. The number of nitrogens with zero attached hydrogens (tertiary/aromatic N) is 1. The number of halogens is 1. The zero-order valence-corrected chi connectivity index (χ0v) is 16.2. The Labute approximate surface area is 156 Å². The first-order chi connectivity index (χ1) is 11.8. The van der Waals surface area contributed by atoms with Crippen molar-refractivity contribution < 1.29 is 4.74 Å². The van der Waals surface area contributed by atoms with Gasteiger partial charge in [-0.2, -0.15) is 0 Å². The third-order valence-corrected chi connectivity index (χ3v) is 6.71. The van der Waals surface area contributed by atoms with E-state index in [1.165, 1.54) is 10.1 Å². The predicted octanol–water partition coefficient (Wildman–Crippen LogP) is 6.85. The Hall–Kier alpha value is -1.69. The van der Waals surface area contributed by atoms with Crippen molar-refractivity contribution in [3.8, 4) is 26.1 Å². The van der Waals surface area contributed by atoms with Gasteiger partial charge in [0, 0.05) is 15.6 Å². The highest BCUT2D eigenvalue weighted by molar-refractivity contribution is 9.10.